The summed E-state index contributed by atoms with van der Waals surface area (Å²) in [6.45, 7) is 18.3. The standard InChI is InChI=1S/C34H39N3/c1-5-35-25-29(14-10-13-23-37-21-11-7-12-22-37)19-18-27(3)33-28(4)36-32-20-17-26(2)24-31(32)34(33)30-15-8-6-9-16-30/h5-6,8-10,14-20,24-25,35-36H,1,3-4,7,11-13,21-23H2,2H3/b14-10-,19-18+,29-25+. The number of anilines is 1. The largest absolute Gasteiger partial charge is 0.368 e. The van der Waals surface area contributed by atoms with Crippen molar-refractivity contribution in [1.29, 1.82) is 0 Å². The zero-order valence-corrected chi connectivity index (χ0v) is 22.1. The first-order valence-corrected chi connectivity index (χ1v) is 13.3. The number of likely N-dealkylation sites (tertiary alicyclic amines) is 1. The van der Waals surface area contributed by atoms with Gasteiger partial charge in [0.1, 0.15) is 0 Å². The Morgan fingerprint density at radius 3 is 2.57 bits per heavy atom. The molecule has 0 atom stereocenters. The summed E-state index contributed by atoms with van der Waals surface area (Å²) in [5.74, 6) is 0. The quantitative estimate of drug-likeness (QED) is 0.332. The van der Waals surface area contributed by atoms with Crippen molar-refractivity contribution in [2.24, 2.45) is 0 Å². The van der Waals surface area contributed by atoms with Gasteiger partial charge in [-0.2, -0.15) is 0 Å². The fraction of sp³-hybridized carbons (Fsp3) is 0.235. The van der Waals surface area contributed by atoms with Crippen molar-refractivity contribution in [1.82, 2.24) is 10.2 Å². The molecule has 0 aromatic heterocycles. The highest BCUT2D eigenvalue weighted by Gasteiger charge is 2.23. The molecule has 37 heavy (non-hydrogen) atoms. The molecule has 0 aliphatic carbocycles. The number of nitrogens with one attached hydrogen (secondary N) is 2. The van der Waals surface area contributed by atoms with E-state index in [2.05, 4.69) is 109 Å². The van der Waals surface area contributed by atoms with E-state index in [-0.39, 0.29) is 0 Å². The SMILES string of the molecule is C=CN/C=C(\C=C/CCN1CCCCC1)/C=C/C(=C)C1=C(c2ccccc2)c2cc(C)ccc2NC1=C. The third kappa shape index (κ3) is 6.90. The number of hydrogen-bond acceptors (Lipinski definition) is 3. The van der Waals surface area contributed by atoms with Crippen LogP contribution < -0.4 is 10.6 Å². The van der Waals surface area contributed by atoms with Gasteiger partial charge in [-0.15, -0.1) is 0 Å². The van der Waals surface area contributed by atoms with E-state index in [0.717, 1.165) is 52.2 Å². The molecular weight excluding hydrogens is 450 g/mol. The summed E-state index contributed by atoms with van der Waals surface area (Å²) in [5, 5.41) is 6.63. The van der Waals surface area contributed by atoms with Gasteiger partial charge >= 0.3 is 0 Å². The van der Waals surface area contributed by atoms with E-state index in [0.29, 0.717) is 0 Å². The van der Waals surface area contributed by atoms with Gasteiger partial charge in [-0.1, -0.05) is 92.4 Å². The van der Waals surface area contributed by atoms with Crippen molar-refractivity contribution in [3.8, 4) is 0 Å². The molecule has 1 saturated heterocycles. The zero-order chi connectivity index (χ0) is 26.0. The summed E-state index contributed by atoms with van der Waals surface area (Å²) in [6, 6.07) is 17.0. The topological polar surface area (TPSA) is 27.3 Å². The number of piperidine rings is 1. The van der Waals surface area contributed by atoms with Crippen LogP contribution in [0.5, 0.6) is 0 Å². The minimum Gasteiger partial charge on any atom is -0.368 e. The number of allylic oxidation sites excluding steroid dienone is 5. The minimum atomic E-state index is 0.858. The maximum Gasteiger partial charge on any atom is 0.0464 e. The molecule has 0 bridgehead atoms. The highest BCUT2D eigenvalue weighted by Crippen LogP contribution is 2.42. The van der Waals surface area contributed by atoms with Crippen LogP contribution in [0.4, 0.5) is 5.69 Å². The maximum absolute atomic E-state index is 4.47. The Morgan fingerprint density at radius 1 is 1.03 bits per heavy atom. The summed E-state index contributed by atoms with van der Waals surface area (Å²) in [7, 11) is 0. The van der Waals surface area contributed by atoms with Gasteiger partial charge in [0, 0.05) is 40.8 Å². The monoisotopic (exact) mass is 489 g/mol. The first-order valence-electron chi connectivity index (χ1n) is 13.3. The third-order valence-corrected chi connectivity index (χ3v) is 6.88. The highest BCUT2D eigenvalue weighted by molar-refractivity contribution is 5.96. The van der Waals surface area contributed by atoms with Crippen LogP contribution in [0.1, 0.15) is 42.4 Å². The Bertz CT molecular complexity index is 1250. The lowest BCUT2D eigenvalue weighted by atomic mass is 9.84. The van der Waals surface area contributed by atoms with E-state index in [9.17, 15) is 0 Å². The van der Waals surface area contributed by atoms with E-state index in [1.54, 1.807) is 6.20 Å². The average molecular weight is 490 g/mol. The molecule has 3 heteroatoms. The average Bonchev–Trinajstić information content (AvgIpc) is 2.92. The van der Waals surface area contributed by atoms with Gasteiger partial charge in [0.25, 0.3) is 0 Å². The number of aryl methyl sites for hydroxylation is 1. The van der Waals surface area contributed by atoms with Crippen molar-refractivity contribution in [2.45, 2.75) is 32.6 Å². The van der Waals surface area contributed by atoms with E-state index < -0.39 is 0 Å². The van der Waals surface area contributed by atoms with Crippen molar-refractivity contribution in [3.63, 3.8) is 0 Å². The molecule has 4 rings (SSSR count). The molecular formula is C34H39N3. The number of fused-ring (bicyclic) bond motifs is 1. The van der Waals surface area contributed by atoms with Gasteiger partial charge in [-0.3, -0.25) is 0 Å². The van der Waals surface area contributed by atoms with E-state index in [4.69, 9.17) is 0 Å². The van der Waals surface area contributed by atoms with Gasteiger partial charge in [0.15, 0.2) is 0 Å². The minimum absolute atomic E-state index is 0.858. The van der Waals surface area contributed by atoms with Gasteiger partial charge in [0.05, 0.1) is 0 Å². The Hall–Kier alpha value is -3.82. The van der Waals surface area contributed by atoms with E-state index in [1.165, 1.54) is 43.5 Å². The number of rotatable bonds is 10. The fourth-order valence-electron chi connectivity index (χ4n) is 4.99. The molecule has 2 aliphatic heterocycles. The lowest BCUT2D eigenvalue weighted by molar-refractivity contribution is 0.233. The van der Waals surface area contributed by atoms with Crippen molar-refractivity contribution >= 4 is 11.3 Å². The Balaban J connectivity index is 1.60. The first kappa shape index (κ1) is 26.2. The first-order chi connectivity index (χ1) is 18.1. The summed E-state index contributed by atoms with van der Waals surface area (Å²) in [6.07, 6.45) is 17.3. The molecule has 0 saturated carbocycles. The summed E-state index contributed by atoms with van der Waals surface area (Å²) >= 11 is 0. The molecule has 2 aliphatic rings. The zero-order valence-electron chi connectivity index (χ0n) is 22.1. The van der Waals surface area contributed by atoms with Gasteiger partial charge in [-0.05, 0) is 74.3 Å². The van der Waals surface area contributed by atoms with Crippen LogP contribution in [0.2, 0.25) is 0 Å². The predicted octanol–water partition coefficient (Wildman–Crippen LogP) is 7.90. The van der Waals surface area contributed by atoms with Crippen LogP contribution in [0.25, 0.3) is 5.57 Å². The van der Waals surface area contributed by atoms with Crippen LogP contribution in [0, 0.1) is 6.92 Å². The molecule has 1 fully saturated rings. The molecule has 2 aromatic rings. The van der Waals surface area contributed by atoms with Gasteiger partial charge in [0.2, 0.25) is 0 Å². The van der Waals surface area contributed by atoms with Crippen molar-refractivity contribution < 1.29 is 0 Å². The number of nitrogens with zero attached hydrogens (tertiary/aromatic N) is 1. The second-order valence-corrected chi connectivity index (χ2v) is 9.74. The Labute approximate surface area is 223 Å². The normalized spacial score (nSPS) is 16.7. The molecule has 0 radical (unpaired) electrons. The van der Waals surface area contributed by atoms with Crippen LogP contribution in [-0.2, 0) is 0 Å². The lowest BCUT2D eigenvalue weighted by Crippen LogP contribution is -2.30. The molecule has 0 unspecified atom stereocenters. The lowest BCUT2D eigenvalue weighted by Gasteiger charge is -2.28. The summed E-state index contributed by atoms with van der Waals surface area (Å²) in [4.78, 5) is 2.57. The molecule has 2 aromatic carbocycles. The molecule has 0 amide bonds. The van der Waals surface area contributed by atoms with Crippen LogP contribution in [0.3, 0.4) is 0 Å². The third-order valence-electron chi connectivity index (χ3n) is 6.88. The molecule has 3 nitrogen and oxygen atoms in total. The number of hydrogen-bond donors (Lipinski definition) is 2. The van der Waals surface area contributed by atoms with Crippen molar-refractivity contribution in [3.05, 3.63) is 144 Å². The van der Waals surface area contributed by atoms with E-state index >= 15 is 0 Å². The fourth-order valence-corrected chi connectivity index (χ4v) is 4.99. The van der Waals surface area contributed by atoms with Gasteiger partial charge in [-0.25, -0.2) is 0 Å². The second kappa shape index (κ2) is 12.9. The molecule has 190 valence electrons. The van der Waals surface area contributed by atoms with Crippen molar-refractivity contribution in [2.75, 3.05) is 25.0 Å². The molecule has 0 spiro atoms. The predicted molar refractivity (Wildman–Crippen MR) is 160 cm³/mol. The second-order valence-electron chi connectivity index (χ2n) is 9.74. The Morgan fingerprint density at radius 2 is 1.81 bits per heavy atom. The van der Waals surface area contributed by atoms with Crippen LogP contribution in [0.15, 0.2) is 127 Å². The summed E-state index contributed by atoms with van der Waals surface area (Å²) in [5.41, 5.74) is 9.64. The molecule has 2 N–H and O–H groups in total. The number of benzene rings is 2. The van der Waals surface area contributed by atoms with Crippen LogP contribution in [-0.4, -0.2) is 24.5 Å². The molecule has 2 heterocycles. The highest BCUT2D eigenvalue weighted by atomic mass is 15.1. The maximum atomic E-state index is 4.47. The van der Waals surface area contributed by atoms with E-state index in [1.807, 2.05) is 12.3 Å². The van der Waals surface area contributed by atoms with Gasteiger partial charge < -0.3 is 15.5 Å². The summed E-state index contributed by atoms with van der Waals surface area (Å²) < 4.78 is 0. The Kier molecular flexibility index (Phi) is 9.18. The smallest absolute Gasteiger partial charge is 0.0464 e. The van der Waals surface area contributed by atoms with Crippen LogP contribution >= 0.6 is 0 Å².